The molecule has 2 aromatic heterocycles. The SMILES string of the molecule is Cc1nn(-c2ccccc2)c2nc(C(=O)N3NC(=O)/C(=C/c4ccccc4)N=C3c3ccccc3)[nH]c(=O)c12. The number of nitrogens with one attached hydrogen (secondary N) is 2. The second kappa shape index (κ2) is 9.67. The third-order valence-electron chi connectivity index (χ3n) is 6.14. The minimum Gasteiger partial charge on any atom is -0.302 e. The molecule has 190 valence electrons. The van der Waals surface area contributed by atoms with E-state index in [2.05, 4.69) is 25.5 Å². The maximum atomic E-state index is 13.8. The van der Waals surface area contributed by atoms with Crippen LogP contribution < -0.4 is 11.0 Å². The molecule has 0 radical (unpaired) electrons. The van der Waals surface area contributed by atoms with Gasteiger partial charge in [0.25, 0.3) is 11.5 Å². The highest BCUT2D eigenvalue weighted by Gasteiger charge is 2.32. The maximum absolute atomic E-state index is 13.8. The molecule has 0 bridgehead atoms. The number of benzene rings is 3. The van der Waals surface area contributed by atoms with Gasteiger partial charge in [-0.25, -0.2) is 14.7 Å². The number of fused-ring (bicyclic) bond motifs is 1. The second-order valence-corrected chi connectivity index (χ2v) is 8.77. The number of aromatic amines is 1. The van der Waals surface area contributed by atoms with Gasteiger partial charge < -0.3 is 4.98 Å². The zero-order valence-electron chi connectivity index (χ0n) is 20.7. The Bertz CT molecular complexity index is 1840. The first kappa shape index (κ1) is 23.7. The van der Waals surface area contributed by atoms with Crippen LogP contribution in [-0.2, 0) is 4.79 Å². The van der Waals surface area contributed by atoms with Crippen LogP contribution in [0.2, 0.25) is 0 Å². The number of aryl methyl sites for hydroxylation is 1. The lowest BCUT2D eigenvalue weighted by Gasteiger charge is -2.28. The van der Waals surface area contributed by atoms with E-state index >= 15 is 0 Å². The van der Waals surface area contributed by atoms with Gasteiger partial charge in [-0.05, 0) is 30.7 Å². The Morgan fingerprint density at radius 3 is 2.21 bits per heavy atom. The third-order valence-corrected chi connectivity index (χ3v) is 6.14. The van der Waals surface area contributed by atoms with Crippen molar-refractivity contribution in [2.75, 3.05) is 0 Å². The summed E-state index contributed by atoms with van der Waals surface area (Å²) >= 11 is 0. The molecule has 3 aromatic carbocycles. The van der Waals surface area contributed by atoms with Crippen molar-refractivity contribution >= 4 is 34.8 Å². The van der Waals surface area contributed by atoms with E-state index in [4.69, 9.17) is 0 Å². The summed E-state index contributed by atoms with van der Waals surface area (Å²) in [5.74, 6) is -1.44. The maximum Gasteiger partial charge on any atom is 0.314 e. The summed E-state index contributed by atoms with van der Waals surface area (Å²) < 4.78 is 1.51. The van der Waals surface area contributed by atoms with Gasteiger partial charge in [-0.2, -0.15) is 10.1 Å². The number of carbonyl (C=O) groups is 2. The highest BCUT2D eigenvalue weighted by molar-refractivity contribution is 6.17. The molecular weight excluding hydrogens is 494 g/mol. The first-order valence-corrected chi connectivity index (χ1v) is 12.1. The highest BCUT2D eigenvalue weighted by atomic mass is 16.2. The second-order valence-electron chi connectivity index (χ2n) is 8.77. The standard InChI is InChI=1S/C29H21N7O3/c1-18-23-26(35(33-18)21-15-9-4-10-16-21)31-24(32-28(23)38)29(39)36-25(20-13-7-3-8-14-20)30-22(27(37)34-36)17-19-11-5-2-6-12-19/h2-17H,1H3,(H,34,37)(H,31,32,38)/b22-17-. The van der Waals surface area contributed by atoms with Gasteiger partial charge in [-0.1, -0.05) is 78.9 Å². The molecule has 2 amide bonds. The van der Waals surface area contributed by atoms with Crippen molar-refractivity contribution in [1.29, 1.82) is 0 Å². The molecule has 10 heteroatoms. The molecule has 0 aliphatic carbocycles. The fraction of sp³-hybridized carbons (Fsp3) is 0.0345. The third kappa shape index (κ3) is 4.40. The van der Waals surface area contributed by atoms with Crippen molar-refractivity contribution in [3.8, 4) is 5.69 Å². The fourth-order valence-electron chi connectivity index (χ4n) is 4.30. The van der Waals surface area contributed by atoms with Gasteiger partial charge in [-0.3, -0.25) is 19.8 Å². The zero-order chi connectivity index (χ0) is 26.9. The van der Waals surface area contributed by atoms with E-state index in [1.165, 1.54) is 4.68 Å². The van der Waals surface area contributed by atoms with Crippen LogP contribution in [-0.4, -0.2) is 42.4 Å². The number of aromatic nitrogens is 4. The Labute approximate surface area is 221 Å². The first-order chi connectivity index (χ1) is 19.0. The van der Waals surface area contributed by atoms with E-state index in [0.717, 1.165) is 10.6 Å². The molecule has 39 heavy (non-hydrogen) atoms. The number of hydrazine groups is 1. The normalized spacial score (nSPS) is 14.4. The monoisotopic (exact) mass is 515 g/mol. The number of amides is 2. The highest BCUT2D eigenvalue weighted by Crippen LogP contribution is 2.20. The lowest BCUT2D eigenvalue weighted by molar-refractivity contribution is -0.120. The van der Waals surface area contributed by atoms with Crippen molar-refractivity contribution in [3.05, 3.63) is 130 Å². The minimum absolute atomic E-state index is 0.124. The molecule has 3 heterocycles. The Hall–Kier alpha value is -5.64. The summed E-state index contributed by atoms with van der Waals surface area (Å²) in [5, 5.41) is 5.73. The molecule has 5 aromatic rings. The van der Waals surface area contributed by atoms with Gasteiger partial charge in [0.15, 0.2) is 11.5 Å². The largest absolute Gasteiger partial charge is 0.314 e. The van der Waals surface area contributed by atoms with Gasteiger partial charge in [0.2, 0.25) is 5.82 Å². The van der Waals surface area contributed by atoms with Crippen LogP contribution in [0.3, 0.4) is 0 Å². The van der Waals surface area contributed by atoms with E-state index < -0.39 is 17.4 Å². The Morgan fingerprint density at radius 1 is 0.872 bits per heavy atom. The van der Waals surface area contributed by atoms with Crippen molar-refractivity contribution in [2.45, 2.75) is 6.92 Å². The number of hydrogen-bond acceptors (Lipinski definition) is 6. The number of para-hydroxylation sites is 1. The van der Waals surface area contributed by atoms with Crippen molar-refractivity contribution < 1.29 is 9.59 Å². The van der Waals surface area contributed by atoms with Gasteiger partial charge in [-0.15, -0.1) is 0 Å². The van der Waals surface area contributed by atoms with Crippen LogP contribution in [0.4, 0.5) is 0 Å². The van der Waals surface area contributed by atoms with Gasteiger partial charge in [0.1, 0.15) is 11.1 Å². The molecular formula is C29H21N7O3. The van der Waals surface area contributed by atoms with E-state index in [1.807, 2.05) is 66.7 Å². The quantitative estimate of drug-likeness (QED) is 0.355. The fourth-order valence-corrected chi connectivity index (χ4v) is 4.30. The summed E-state index contributed by atoms with van der Waals surface area (Å²) in [7, 11) is 0. The molecule has 0 saturated heterocycles. The zero-order valence-corrected chi connectivity index (χ0v) is 20.7. The molecule has 10 nitrogen and oxygen atoms in total. The molecule has 1 aliphatic heterocycles. The average Bonchev–Trinajstić information content (AvgIpc) is 3.31. The number of aliphatic imine (C=N–C) groups is 1. The number of amidine groups is 1. The first-order valence-electron chi connectivity index (χ1n) is 12.1. The smallest absolute Gasteiger partial charge is 0.302 e. The van der Waals surface area contributed by atoms with E-state index in [-0.39, 0.29) is 28.4 Å². The predicted molar refractivity (Wildman–Crippen MR) is 146 cm³/mol. The van der Waals surface area contributed by atoms with Crippen LogP contribution in [0.15, 0.2) is 106 Å². The van der Waals surface area contributed by atoms with Crippen molar-refractivity contribution in [2.24, 2.45) is 4.99 Å². The molecule has 0 spiro atoms. The van der Waals surface area contributed by atoms with Crippen molar-refractivity contribution in [3.63, 3.8) is 0 Å². The molecule has 0 fully saturated rings. The van der Waals surface area contributed by atoms with Gasteiger partial charge in [0, 0.05) is 5.56 Å². The predicted octanol–water partition coefficient (Wildman–Crippen LogP) is 3.39. The summed E-state index contributed by atoms with van der Waals surface area (Å²) in [5.41, 5.74) is 4.95. The van der Waals surface area contributed by atoms with E-state index in [0.29, 0.717) is 16.9 Å². The summed E-state index contributed by atoms with van der Waals surface area (Å²) in [6.07, 6.45) is 1.63. The minimum atomic E-state index is -0.762. The summed E-state index contributed by atoms with van der Waals surface area (Å²) in [4.78, 5) is 51.5. The van der Waals surface area contributed by atoms with Crippen LogP contribution in [0.25, 0.3) is 22.8 Å². The Kier molecular flexibility index (Phi) is 5.89. The van der Waals surface area contributed by atoms with E-state index in [1.54, 1.807) is 37.3 Å². The number of nitrogens with zero attached hydrogens (tertiary/aromatic N) is 5. The number of rotatable bonds is 4. The molecule has 0 unspecified atom stereocenters. The van der Waals surface area contributed by atoms with Crippen LogP contribution >= 0.6 is 0 Å². The molecule has 0 saturated carbocycles. The molecule has 0 atom stereocenters. The summed E-state index contributed by atoms with van der Waals surface area (Å²) in [6, 6.07) is 27.4. The Balaban J connectivity index is 1.47. The van der Waals surface area contributed by atoms with Gasteiger partial charge in [0.05, 0.1) is 11.4 Å². The van der Waals surface area contributed by atoms with Crippen molar-refractivity contribution in [1.82, 2.24) is 30.2 Å². The number of H-pyrrole nitrogens is 1. The molecule has 6 rings (SSSR count). The number of carbonyl (C=O) groups excluding carboxylic acids is 2. The average molecular weight is 516 g/mol. The van der Waals surface area contributed by atoms with Crippen LogP contribution in [0, 0.1) is 6.92 Å². The van der Waals surface area contributed by atoms with Crippen LogP contribution in [0.1, 0.15) is 27.4 Å². The van der Waals surface area contributed by atoms with E-state index in [9.17, 15) is 14.4 Å². The lowest BCUT2D eigenvalue weighted by Crippen LogP contribution is -2.54. The van der Waals surface area contributed by atoms with Crippen LogP contribution in [0.5, 0.6) is 0 Å². The number of hydrogen-bond donors (Lipinski definition) is 2. The van der Waals surface area contributed by atoms with Gasteiger partial charge >= 0.3 is 5.91 Å². The molecule has 1 aliphatic rings. The topological polar surface area (TPSA) is 125 Å². The summed E-state index contributed by atoms with van der Waals surface area (Å²) in [6.45, 7) is 1.70. The Morgan fingerprint density at radius 2 is 1.51 bits per heavy atom. The molecule has 2 N–H and O–H groups in total. The lowest BCUT2D eigenvalue weighted by atomic mass is 10.1.